The molecule has 0 spiro atoms. The summed E-state index contributed by atoms with van der Waals surface area (Å²) in [6.07, 6.45) is 47.8. The van der Waals surface area contributed by atoms with Gasteiger partial charge in [-0.1, -0.05) is 184 Å². The number of carbonyl (C=O) groups excluding carboxylic acids is 1. The molecule has 3 atom stereocenters. The van der Waals surface area contributed by atoms with E-state index in [1.165, 1.54) is 89.9 Å². The van der Waals surface area contributed by atoms with Crippen LogP contribution in [0.1, 0.15) is 194 Å². The Labute approximate surface area is 343 Å². The van der Waals surface area contributed by atoms with Crippen LogP contribution in [-0.4, -0.2) is 66.3 Å². The van der Waals surface area contributed by atoms with E-state index in [1.807, 2.05) is 0 Å². The molecule has 0 aliphatic heterocycles. The summed E-state index contributed by atoms with van der Waals surface area (Å²) < 4.78 is 33.4. The van der Waals surface area contributed by atoms with Crippen molar-refractivity contribution < 1.29 is 43.0 Å². The number of hydrogen-bond acceptors (Lipinski definition) is 8. The lowest BCUT2D eigenvalue weighted by atomic mass is 10.0. The van der Waals surface area contributed by atoms with Crippen molar-refractivity contribution in [1.29, 1.82) is 0 Å². The van der Waals surface area contributed by atoms with Crippen LogP contribution in [0.5, 0.6) is 0 Å². The van der Waals surface area contributed by atoms with Gasteiger partial charge in [-0.2, -0.15) is 0 Å². The molecular weight excluding hydrogens is 727 g/mol. The van der Waals surface area contributed by atoms with Crippen molar-refractivity contribution >= 4 is 13.8 Å². The van der Waals surface area contributed by atoms with Crippen molar-refractivity contribution in [2.45, 2.75) is 206 Å². The monoisotopic (exact) mass is 813 g/mol. The largest absolute Gasteiger partial charge is 0.472 e. The van der Waals surface area contributed by atoms with Crippen molar-refractivity contribution in [3.63, 3.8) is 0 Å². The van der Waals surface area contributed by atoms with Gasteiger partial charge in [0.25, 0.3) is 0 Å². The van der Waals surface area contributed by atoms with Crippen molar-refractivity contribution in [2.75, 3.05) is 33.0 Å². The molecular formula is C46H85O9P. The zero-order valence-corrected chi connectivity index (χ0v) is 36.7. The number of hydrogen-bond donors (Lipinski definition) is 3. The molecule has 3 unspecified atom stereocenters. The maximum absolute atomic E-state index is 12.6. The zero-order valence-electron chi connectivity index (χ0n) is 35.8. The van der Waals surface area contributed by atoms with Crippen LogP contribution >= 0.6 is 7.82 Å². The van der Waals surface area contributed by atoms with Crippen molar-refractivity contribution in [3.05, 3.63) is 48.6 Å². The van der Waals surface area contributed by atoms with Gasteiger partial charge < -0.3 is 24.6 Å². The molecule has 56 heavy (non-hydrogen) atoms. The normalized spacial score (nSPS) is 14.4. The van der Waals surface area contributed by atoms with E-state index in [1.54, 1.807) is 0 Å². The molecule has 0 heterocycles. The Hall–Kier alpha value is -1.58. The standard InChI is InChI=1S/C46H85O9P/c1-3-5-7-9-11-13-15-17-19-21-22-23-24-26-28-30-32-34-36-38-46(49)55-45(43-54-56(50,51)53-41-44(48)40-47)42-52-39-37-35-33-31-29-27-25-20-18-16-14-12-10-8-6-4-2/h5,7,11,13,17,19,22-23,44-45,47-48H,3-4,6,8-10,12,14-16,18,20-21,24-43H2,1-2H3,(H,50,51)/b7-5-,13-11-,19-17-,23-22-. The SMILES string of the molecule is CC/C=C\C/C=C\C/C=C\C/C=C\CCCCCCCCC(=O)OC(COCCCCCCCCCCCCCCCCCC)COP(=O)(O)OCC(O)CO. The number of ether oxygens (including phenoxy) is 2. The average molecular weight is 813 g/mol. The van der Waals surface area contributed by atoms with Gasteiger partial charge in [0.05, 0.1) is 26.4 Å². The molecule has 0 aliphatic rings. The second-order valence-electron chi connectivity index (χ2n) is 15.0. The van der Waals surface area contributed by atoms with Crippen LogP contribution in [0.25, 0.3) is 0 Å². The Morgan fingerprint density at radius 1 is 0.571 bits per heavy atom. The first-order chi connectivity index (χ1) is 27.3. The van der Waals surface area contributed by atoms with E-state index in [0.717, 1.165) is 77.0 Å². The van der Waals surface area contributed by atoms with Gasteiger partial charge in [0.15, 0.2) is 0 Å². The first kappa shape index (κ1) is 54.4. The number of aliphatic hydroxyl groups is 2. The fourth-order valence-electron chi connectivity index (χ4n) is 6.11. The molecule has 0 saturated carbocycles. The lowest BCUT2D eigenvalue weighted by molar-refractivity contribution is -0.154. The zero-order chi connectivity index (χ0) is 41.1. The smallest absolute Gasteiger partial charge is 0.457 e. The van der Waals surface area contributed by atoms with Crippen LogP contribution < -0.4 is 0 Å². The second-order valence-corrected chi connectivity index (χ2v) is 16.5. The van der Waals surface area contributed by atoms with Gasteiger partial charge in [-0.05, 0) is 51.4 Å². The number of allylic oxidation sites excluding steroid dienone is 8. The fraction of sp³-hybridized carbons (Fsp3) is 0.804. The summed E-state index contributed by atoms with van der Waals surface area (Å²) in [4.78, 5) is 22.6. The topological polar surface area (TPSA) is 132 Å². The molecule has 0 bridgehead atoms. The van der Waals surface area contributed by atoms with Gasteiger partial charge in [-0.3, -0.25) is 13.8 Å². The molecule has 0 aromatic rings. The highest BCUT2D eigenvalue weighted by Gasteiger charge is 2.26. The Bertz CT molecular complexity index is 1010. The lowest BCUT2D eigenvalue weighted by Crippen LogP contribution is -2.29. The minimum absolute atomic E-state index is 0.0447. The third kappa shape index (κ3) is 42.0. The molecule has 328 valence electrons. The maximum atomic E-state index is 12.6. The Morgan fingerprint density at radius 2 is 1.02 bits per heavy atom. The van der Waals surface area contributed by atoms with E-state index >= 15 is 0 Å². The molecule has 0 aliphatic carbocycles. The summed E-state index contributed by atoms with van der Waals surface area (Å²) in [5.41, 5.74) is 0. The highest BCUT2D eigenvalue weighted by atomic mass is 31.2. The van der Waals surface area contributed by atoms with Crippen LogP contribution in [0.4, 0.5) is 0 Å². The van der Waals surface area contributed by atoms with Gasteiger partial charge in [0.2, 0.25) is 0 Å². The third-order valence-electron chi connectivity index (χ3n) is 9.53. The highest BCUT2D eigenvalue weighted by molar-refractivity contribution is 7.47. The average Bonchev–Trinajstić information content (AvgIpc) is 3.19. The van der Waals surface area contributed by atoms with Gasteiger partial charge in [-0.15, -0.1) is 0 Å². The van der Waals surface area contributed by atoms with Gasteiger partial charge in [0, 0.05) is 13.0 Å². The van der Waals surface area contributed by atoms with Crippen LogP contribution in [0.2, 0.25) is 0 Å². The Morgan fingerprint density at radius 3 is 1.54 bits per heavy atom. The van der Waals surface area contributed by atoms with E-state index in [9.17, 15) is 19.4 Å². The number of phosphoric ester groups is 1. The third-order valence-corrected chi connectivity index (χ3v) is 10.5. The Kier molecular flexibility index (Phi) is 41.8. The van der Waals surface area contributed by atoms with Crippen molar-refractivity contribution in [1.82, 2.24) is 0 Å². The highest BCUT2D eigenvalue weighted by Crippen LogP contribution is 2.43. The molecule has 10 heteroatoms. The molecule has 0 rings (SSSR count). The first-order valence-corrected chi connectivity index (χ1v) is 24.1. The van der Waals surface area contributed by atoms with E-state index in [2.05, 4.69) is 62.5 Å². The summed E-state index contributed by atoms with van der Waals surface area (Å²) in [6, 6.07) is 0. The van der Waals surface area contributed by atoms with Crippen LogP contribution in [0, 0.1) is 0 Å². The first-order valence-electron chi connectivity index (χ1n) is 22.6. The van der Waals surface area contributed by atoms with E-state index in [-0.39, 0.29) is 19.6 Å². The minimum atomic E-state index is -4.52. The number of aliphatic hydroxyl groups excluding tert-OH is 2. The summed E-state index contributed by atoms with van der Waals surface area (Å²) in [6.45, 7) is 3.41. The summed E-state index contributed by atoms with van der Waals surface area (Å²) in [7, 11) is -4.52. The predicted octanol–water partition coefficient (Wildman–Crippen LogP) is 12.6. The number of rotatable bonds is 43. The number of carbonyl (C=O) groups is 1. The summed E-state index contributed by atoms with van der Waals surface area (Å²) in [5.74, 6) is -0.395. The molecule has 0 saturated heterocycles. The molecule has 3 N–H and O–H groups in total. The van der Waals surface area contributed by atoms with Crippen molar-refractivity contribution in [3.8, 4) is 0 Å². The minimum Gasteiger partial charge on any atom is -0.457 e. The van der Waals surface area contributed by atoms with Crippen molar-refractivity contribution in [2.24, 2.45) is 0 Å². The lowest BCUT2D eigenvalue weighted by Gasteiger charge is -2.20. The molecule has 9 nitrogen and oxygen atoms in total. The van der Waals surface area contributed by atoms with Gasteiger partial charge in [0.1, 0.15) is 12.2 Å². The quantitative estimate of drug-likeness (QED) is 0.0238. The molecule has 0 amide bonds. The maximum Gasteiger partial charge on any atom is 0.472 e. The number of phosphoric acid groups is 1. The van der Waals surface area contributed by atoms with Gasteiger partial charge >= 0.3 is 13.8 Å². The van der Waals surface area contributed by atoms with E-state index < -0.39 is 39.2 Å². The van der Waals surface area contributed by atoms with Crippen LogP contribution in [0.3, 0.4) is 0 Å². The summed E-state index contributed by atoms with van der Waals surface area (Å²) in [5, 5.41) is 18.4. The second kappa shape index (κ2) is 43.0. The van der Waals surface area contributed by atoms with E-state index in [4.69, 9.17) is 23.6 Å². The predicted molar refractivity (Wildman–Crippen MR) is 233 cm³/mol. The Balaban J connectivity index is 4.17. The molecule has 0 aromatic carbocycles. The fourth-order valence-corrected chi connectivity index (χ4v) is 6.90. The summed E-state index contributed by atoms with van der Waals surface area (Å²) >= 11 is 0. The van der Waals surface area contributed by atoms with Gasteiger partial charge in [-0.25, -0.2) is 4.57 Å². The number of unbranched alkanes of at least 4 members (excludes halogenated alkanes) is 21. The van der Waals surface area contributed by atoms with Crippen LogP contribution in [0.15, 0.2) is 48.6 Å². The molecule has 0 fully saturated rings. The number of esters is 1. The van der Waals surface area contributed by atoms with Crippen LogP contribution in [-0.2, 0) is 27.9 Å². The van der Waals surface area contributed by atoms with E-state index in [0.29, 0.717) is 13.0 Å². The molecule has 0 radical (unpaired) electrons. The molecule has 0 aromatic heterocycles.